The molecule has 2 nitrogen and oxygen atoms in total. The van der Waals surface area contributed by atoms with Gasteiger partial charge in [-0.25, -0.2) is 0 Å². The fourth-order valence-corrected chi connectivity index (χ4v) is 1.78. The van der Waals surface area contributed by atoms with E-state index in [2.05, 4.69) is 4.90 Å². The van der Waals surface area contributed by atoms with Crippen molar-refractivity contribution in [1.82, 2.24) is 9.80 Å². The Kier molecular flexibility index (Phi) is 4.47. The summed E-state index contributed by atoms with van der Waals surface area (Å²) >= 11 is 5.54. The van der Waals surface area contributed by atoms with Gasteiger partial charge in [-0.3, -0.25) is 9.80 Å². The number of piperazine rings is 1. The largest absolute Gasteiger partial charge is 0.401 e. The van der Waals surface area contributed by atoms with Gasteiger partial charge in [0.2, 0.25) is 0 Å². The zero-order chi connectivity index (χ0) is 10.6. The summed E-state index contributed by atoms with van der Waals surface area (Å²) in [5.41, 5.74) is 0. The average molecular weight is 231 g/mol. The van der Waals surface area contributed by atoms with Crippen molar-refractivity contribution in [1.29, 1.82) is 0 Å². The van der Waals surface area contributed by atoms with Crippen molar-refractivity contribution >= 4 is 11.6 Å². The summed E-state index contributed by atoms with van der Waals surface area (Å²) < 4.78 is 36.0. The Morgan fingerprint density at radius 1 is 1.00 bits per heavy atom. The molecule has 0 unspecified atom stereocenters. The normalized spacial score (nSPS) is 21.4. The van der Waals surface area contributed by atoms with Crippen LogP contribution in [0.5, 0.6) is 0 Å². The van der Waals surface area contributed by atoms with Crippen LogP contribution in [-0.2, 0) is 0 Å². The Morgan fingerprint density at radius 2 is 1.50 bits per heavy atom. The third kappa shape index (κ3) is 4.48. The number of halogens is 4. The summed E-state index contributed by atoms with van der Waals surface area (Å²) in [4.78, 5) is 3.52. The first-order chi connectivity index (χ1) is 6.51. The first-order valence-electron chi connectivity index (χ1n) is 4.59. The maximum atomic E-state index is 12.0. The maximum absolute atomic E-state index is 12.0. The highest BCUT2D eigenvalue weighted by molar-refractivity contribution is 6.18. The van der Waals surface area contributed by atoms with Crippen LogP contribution in [0.2, 0.25) is 0 Å². The minimum atomic E-state index is -4.07. The zero-order valence-electron chi connectivity index (χ0n) is 7.86. The molecule has 1 heterocycles. The highest BCUT2D eigenvalue weighted by Gasteiger charge is 2.31. The molecular weight excluding hydrogens is 217 g/mol. The summed E-state index contributed by atoms with van der Waals surface area (Å²) in [5.74, 6) is 0.541. The molecule has 1 saturated heterocycles. The molecule has 0 saturated carbocycles. The second-order valence-corrected chi connectivity index (χ2v) is 3.80. The lowest BCUT2D eigenvalue weighted by Crippen LogP contribution is -2.49. The number of rotatable bonds is 3. The highest BCUT2D eigenvalue weighted by Crippen LogP contribution is 2.17. The van der Waals surface area contributed by atoms with Gasteiger partial charge in [-0.15, -0.1) is 11.6 Å². The minimum absolute atomic E-state index is 0.483. The van der Waals surface area contributed by atoms with E-state index in [1.807, 2.05) is 0 Å². The maximum Gasteiger partial charge on any atom is 0.401 e. The molecule has 0 atom stereocenters. The molecule has 0 spiro atoms. The van der Waals surface area contributed by atoms with E-state index < -0.39 is 12.7 Å². The predicted molar refractivity (Wildman–Crippen MR) is 49.7 cm³/mol. The average Bonchev–Trinajstić information content (AvgIpc) is 2.06. The van der Waals surface area contributed by atoms with Crippen LogP contribution in [0.1, 0.15) is 0 Å². The number of hydrogen-bond acceptors (Lipinski definition) is 2. The van der Waals surface area contributed by atoms with Crippen molar-refractivity contribution in [3.63, 3.8) is 0 Å². The topological polar surface area (TPSA) is 6.48 Å². The van der Waals surface area contributed by atoms with Crippen LogP contribution in [0, 0.1) is 0 Å². The minimum Gasteiger partial charge on any atom is -0.300 e. The van der Waals surface area contributed by atoms with Gasteiger partial charge in [-0.1, -0.05) is 0 Å². The summed E-state index contributed by atoms with van der Waals surface area (Å²) in [6.45, 7) is 2.31. The summed E-state index contributed by atoms with van der Waals surface area (Å²) in [5, 5.41) is 0. The standard InChI is InChI=1S/C8H14ClF3N2/c9-1-2-13-3-5-14(6-4-13)7-8(10,11)12/h1-7H2. The fourth-order valence-electron chi connectivity index (χ4n) is 1.54. The monoisotopic (exact) mass is 230 g/mol. The lowest BCUT2D eigenvalue weighted by atomic mass is 10.3. The lowest BCUT2D eigenvalue weighted by molar-refractivity contribution is -0.149. The molecule has 6 heteroatoms. The SMILES string of the molecule is FC(F)(F)CN1CCN(CCCl)CC1. The smallest absolute Gasteiger partial charge is 0.300 e. The first-order valence-corrected chi connectivity index (χ1v) is 5.12. The van der Waals surface area contributed by atoms with Crippen LogP contribution in [0.4, 0.5) is 13.2 Å². The van der Waals surface area contributed by atoms with E-state index in [4.69, 9.17) is 11.6 Å². The number of alkyl halides is 4. The van der Waals surface area contributed by atoms with E-state index >= 15 is 0 Å². The van der Waals surface area contributed by atoms with Gasteiger partial charge in [-0.2, -0.15) is 13.2 Å². The molecule has 14 heavy (non-hydrogen) atoms. The van der Waals surface area contributed by atoms with Crippen LogP contribution in [0.15, 0.2) is 0 Å². The molecular formula is C8H14ClF3N2. The van der Waals surface area contributed by atoms with Crippen LogP contribution in [0.25, 0.3) is 0 Å². The summed E-state index contributed by atoms with van der Waals surface area (Å²) in [6.07, 6.45) is -4.07. The van der Waals surface area contributed by atoms with Gasteiger partial charge in [0.05, 0.1) is 6.54 Å². The molecule has 0 aromatic rings. The number of nitrogens with zero attached hydrogens (tertiary/aromatic N) is 2. The predicted octanol–water partition coefficient (Wildman–Crippen LogP) is 1.41. The molecule has 0 N–H and O–H groups in total. The Labute approximate surface area is 86.6 Å². The van der Waals surface area contributed by atoms with Gasteiger partial charge in [0, 0.05) is 38.6 Å². The van der Waals surface area contributed by atoms with Crippen molar-refractivity contribution in [3.8, 4) is 0 Å². The van der Waals surface area contributed by atoms with Crippen molar-refractivity contribution in [3.05, 3.63) is 0 Å². The molecule has 0 bridgehead atoms. The van der Waals surface area contributed by atoms with E-state index in [9.17, 15) is 13.2 Å². The molecule has 84 valence electrons. The van der Waals surface area contributed by atoms with Gasteiger partial charge in [0.1, 0.15) is 0 Å². The van der Waals surface area contributed by atoms with Gasteiger partial charge < -0.3 is 0 Å². The van der Waals surface area contributed by atoms with E-state index in [0.717, 1.165) is 6.54 Å². The second-order valence-electron chi connectivity index (χ2n) is 3.42. The Hall–Kier alpha value is 0. The van der Waals surface area contributed by atoms with E-state index in [-0.39, 0.29) is 0 Å². The molecule has 0 radical (unpaired) electrons. The van der Waals surface area contributed by atoms with E-state index in [0.29, 0.717) is 32.1 Å². The van der Waals surface area contributed by atoms with E-state index in [1.165, 1.54) is 4.90 Å². The zero-order valence-corrected chi connectivity index (χ0v) is 8.61. The van der Waals surface area contributed by atoms with Crippen molar-refractivity contribution in [2.45, 2.75) is 6.18 Å². The van der Waals surface area contributed by atoms with Gasteiger partial charge in [0.15, 0.2) is 0 Å². The summed E-state index contributed by atoms with van der Waals surface area (Å²) in [6, 6.07) is 0. The third-order valence-electron chi connectivity index (χ3n) is 2.27. The molecule has 0 amide bonds. The second kappa shape index (κ2) is 5.19. The van der Waals surface area contributed by atoms with Crippen LogP contribution in [-0.4, -0.2) is 61.1 Å². The van der Waals surface area contributed by atoms with Crippen LogP contribution in [0.3, 0.4) is 0 Å². The van der Waals surface area contributed by atoms with Gasteiger partial charge in [-0.05, 0) is 0 Å². The molecule has 0 aliphatic carbocycles. The number of hydrogen-bond donors (Lipinski definition) is 0. The van der Waals surface area contributed by atoms with Gasteiger partial charge in [0.25, 0.3) is 0 Å². The van der Waals surface area contributed by atoms with Crippen LogP contribution >= 0.6 is 11.6 Å². The molecule has 1 aliphatic rings. The summed E-state index contributed by atoms with van der Waals surface area (Å²) in [7, 11) is 0. The van der Waals surface area contributed by atoms with Crippen molar-refractivity contribution < 1.29 is 13.2 Å². The quantitative estimate of drug-likeness (QED) is 0.677. The van der Waals surface area contributed by atoms with Crippen molar-refractivity contribution in [2.75, 3.05) is 45.1 Å². The molecule has 1 fully saturated rings. The lowest BCUT2D eigenvalue weighted by Gasteiger charge is -2.34. The van der Waals surface area contributed by atoms with Crippen LogP contribution < -0.4 is 0 Å². The Bertz CT molecular complexity index is 166. The molecule has 0 aromatic carbocycles. The fraction of sp³-hybridized carbons (Fsp3) is 1.00. The third-order valence-corrected chi connectivity index (χ3v) is 2.44. The molecule has 0 aromatic heterocycles. The van der Waals surface area contributed by atoms with Crippen molar-refractivity contribution in [2.24, 2.45) is 0 Å². The highest BCUT2D eigenvalue weighted by atomic mass is 35.5. The Balaban J connectivity index is 2.22. The van der Waals surface area contributed by atoms with Gasteiger partial charge >= 0.3 is 6.18 Å². The van der Waals surface area contributed by atoms with E-state index in [1.54, 1.807) is 0 Å². The molecule has 1 aliphatic heterocycles. The first kappa shape index (κ1) is 12.1. The molecule has 1 rings (SSSR count). The Morgan fingerprint density at radius 3 is 1.93 bits per heavy atom.